The smallest absolute Gasteiger partial charge is 0.308 e. The van der Waals surface area contributed by atoms with Gasteiger partial charge < -0.3 is 9.64 Å². The number of methoxy groups -OCH3 is 1. The van der Waals surface area contributed by atoms with Gasteiger partial charge in [-0.1, -0.05) is 11.6 Å². The van der Waals surface area contributed by atoms with Crippen LogP contribution in [0.5, 0.6) is 0 Å². The van der Waals surface area contributed by atoms with Crippen molar-refractivity contribution in [2.75, 3.05) is 25.5 Å². The predicted molar refractivity (Wildman–Crippen MR) is 119 cm³/mol. The molecule has 7 nitrogen and oxygen atoms in total. The molecule has 1 aromatic carbocycles. The van der Waals surface area contributed by atoms with Gasteiger partial charge in [-0.25, -0.2) is 4.98 Å². The first-order chi connectivity index (χ1) is 15.0. The molecule has 1 fully saturated rings. The molecular weight excluding hydrogens is 438 g/mol. The maximum atomic E-state index is 13.2. The van der Waals surface area contributed by atoms with Crippen LogP contribution < -0.4 is 5.32 Å². The number of anilines is 1. The number of esters is 1. The summed E-state index contributed by atoms with van der Waals surface area (Å²) < 4.78 is 4.83. The third-order valence-corrected chi connectivity index (χ3v) is 7.22. The molecule has 1 aliphatic carbocycles. The van der Waals surface area contributed by atoms with Crippen molar-refractivity contribution in [3.05, 3.63) is 45.4 Å². The lowest BCUT2D eigenvalue weighted by molar-refractivity contribution is -0.149. The number of ether oxygens (including phenoxy) is 1. The monoisotopic (exact) mass is 461 g/mol. The van der Waals surface area contributed by atoms with E-state index in [1.165, 1.54) is 18.4 Å². The van der Waals surface area contributed by atoms with Gasteiger partial charge in [-0.3, -0.25) is 19.7 Å². The third-order valence-electron chi connectivity index (χ3n) is 5.92. The van der Waals surface area contributed by atoms with Crippen LogP contribution in [0, 0.1) is 5.92 Å². The molecule has 1 saturated heterocycles. The maximum Gasteiger partial charge on any atom is 0.308 e. The van der Waals surface area contributed by atoms with Crippen molar-refractivity contribution < 1.29 is 19.1 Å². The van der Waals surface area contributed by atoms with E-state index in [9.17, 15) is 14.4 Å². The van der Waals surface area contributed by atoms with Gasteiger partial charge in [0.15, 0.2) is 5.13 Å². The fourth-order valence-corrected chi connectivity index (χ4v) is 5.39. The molecule has 164 valence electrons. The lowest BCUT2D eigenvalue weighted by Gasteiger charge is -2.34. The molecule has 2 aliphatic rings. The first-order valence-corrected chi connectivity index (χ1v) is 11.6. The van der Waals surface area contributed by atoms with E-state index in [2.05, 4.69) is 10.3 Å². The minimum Gasteiger partial charge on any atom is -0.469 e. The molecule has 1 N–H and O–H groups in total. The number of amides is 2. The van der Waals surface area contributed by atoms with Gasteiger partial charge in [0.1, 0.15) is 0 Å². The summed E-state index contributed by atoms with van der Waals surface area (Å²) in [7, 11) is 1.40. The van der Waals surface area contributed by atoms with Crippen LogP contribution in [0.3, 0.4) is 0 Å². The van der Waals surface area contributed by atoms with E-state index in [0.717, 1.165) is 29.8 Å². The molecule has 1 aliphatic heterocycles. The number of halogens is 1. The van der Waals surface area contributed by atoms with Crippen LogP contribution >= 0.6 is 22.9 Å². The average molecular weight is 462 g/mol. The molecule has 0 saturated carbocycles. The third kappa shape index (κ3) is 4.75. The van der Waals surface area contributed by atoms with E-state index in [1.54, 1.807) is 24.3 Å². The molecule has 1 atom stereocenters. The molecule has 1 aromatic heterocycles. The van der Waals surface area contributed by atoms with Gasteiger partial charge >= 0.3 is 5.97 Å². The summed E-state index contributed by atoms with van der Waals surface area (Å²) in [5.74, 6) is -0.825. The lowest BCUT2D eigenvalue weighted by Crippen LogP contribution is -2.43. The van der Waals surface area contributed by atoms with Crippen LogP contribution in [0.15, 0.2) is 24.3 Å². The Hall–Kier alpha value is -2.45. The first kappa shape index (κ1) is 21.8. The van der Waals surface area contributed by atoms with Gasteiger partial charge in [0.2, 0.25) is 5.91 Å². The predicted octanol–water partition coefficient (Wildman–Crippen LogP) is 3.88. The minimum absolute atomic E-state index is 0.0603. The molecular formula is C22H24ClN3O4S. The van der Waals surface area contributed by atoms with Crippen molar-refractivity contribution in [1.82, 2.24) is 9.88 Å². The van der Waals surface area contributed by atoms with Crippen molar-refractivity contribution in [3.63, 3.8) is 0 Å². The zero-order chi connectivity index (χ0) is 22.0. The van der Waals surface area contributed by atoms with Gasteiger partial charge in [-0.05, 0) is 56.4 Å². The van der Waals surface area contributed by atoms with Crippen LogP contribution in [0.2, 0.25) is 5.02 Å². The number of nitrogens with one attached hydrogen (secondary N) is 1. The summed E-state index contributed by atoms with van der Waals surface area (Å²) in [4.78, 5) is 45.0. The van der Waals surface area contributed by atoms with Crippen LogP contribution in [0.1, 0.15) is 52.5 Å². The Balaban J connectivity index is 1.44. The number of thiazole rings is 1. The number of carbonyl (C=O) groups is 3. The Morgan fingerprint density at radius 2 is 1.87 bits per heavy atom. The second kappa shape index (κ2) is 9.36. The number of fused-ring (bicyclic) bond motifs is 1. The summed E-state index contributed by atoms with van der Waals surface area (Å²) in [5, 5.41) is 3.92. The quantitative estimate of drug-likeness (QED) is 0.698. The van der Waals surface area contributed by atoms with Crippen molar-refractivity contribution in [1.29, 1.82) is 0 Å². The SMILES string of the molecule is COC(=O)C1CCN(C(=O)C2CCCc3sc(NC(=O)c4ccc(Cl)cc4)nc32)CC1. The Bertz CT molecular complexity index is 983. The summed E-state index contributed by atoms with van der Waals surface area (Å²) >= 11 is 7.32. The Morgan fingerprint density at radius 1 is 1.16 bits per heavy atom. The molecule has 4 rings (SSSR count). The van der Waals surface area contributed by atoms with Crippen molar-refractivity contribution >= 4 is 45.9 Å². The Kier molecular flexibility index (Phi) is 6.57. The second-order valence-electron chi connectivity index (χ2n) is 7.86. The molecule has 2 aromatic rings. The fraction of sp³-hybridized carbons (Fsp3) is 0.455. The molecule has 1 unspecified atom stereocenters. The zero-order valence-corrected chi connectivity index (χ0v) is 18.8. The summed E-state index contributed by atoms with van der Waals surface area (Å²) in [6.07, 6.45) is 3.76. The molecule has 2 amide bonds. The number of nitrogens with zero attached hydrogens (tertiary/aromatic N) is 2. The fourth-order valence-electron chi connectivity index (χ4n) is 4.21. The van der Waals surface area contributed by atoms with Gasteiger partial charge in [0.05, 0.1) is 24.6 Å². The number of carbonyl (C=O) groups excluding carboxylic acids is 3. The largest absolute Gasteiger partial charge is 0.469 e. The Labute approximate surface area is 189 Å². The van der Waals surface area contributed by atoms with Crippen LogP contribution in [-0.4, -0.2) is 47.9 Å². The van der Waals surface area contributed by atoms with E-state index >= 15 is 0 Å². The number of likely N-dealkylation sites (tertiary alicyclic amines) is 1. The first-order valence-electron chi connectivity index (χ1n) is 10.4. The standard InChI is InChI=1S/C22H24ClN3O4S/c1-30-21(29)14-9-11-26(12-10-14)20(28)16-3-2-4-17-18(16)24-22(31-17)25-19(27)13-5-7-15(23)8-6-13/h5-8,14,16H,2-4,9-12H2,1H3,(H,24,25,27). The van der Waals surface area contributed by atoms with E-state index < -0.39 is 0 Å². The van der Waals surface area contributed by atoms with E-state index in [4.69, 9.17) is 16.3 Å². The van der Waals surface area contributed by atoms with Crippen molar-refractivity contribution in [2.24, 2.45) is 5.92 Å². The van der Waals surface area contributed by atoms with Gasteiger partial charge in [-0.15, -0.1) is 11.3 Å². The minimum atomic E-state index is -0.295. The number of piperidine rings is 1. The van der Waals surface area contributed by atoms with Crippen molar-refractivity contribution in [2.45, 2.75) is 38.0 Å². The van der Waals surface area contributed by atoms with E-state index in [0.29, 0.717) is 41.6 Å². The normalized spacial score (nSPS) is 18.9. The van der Waals surface area contributed by atoms with Crippen LogP contribution in [0.4, 0.5) is 5.13 Å². The van der Waals surface area contributed by atoms with Gasteiger partial charge in [0, 0.05) is 28.6 Å². The highest BCUT2D eigenvalue weighted by atomic mass is 35.5. The summed E-state index contributed by atoms with van der Waals surface area (Å²) in [5.41, 5.74) is 1.28. The van der Waals surface area contributed by atoms with Gasteiger partial charge in [0.25, 0.3) is 5.91 Å². The number of rotatable bonds is 4. The number of benzene rings is 1. The highest BCUT2D eigenvalue weighted by Crippen LogP contribution is 2.38. The molecule has 31 heavy (non-hydrogen) atoms. The molecule has 0 spiro atoms. The maximum absolute atomic E-state index is 13.2. The molecule has 0 radical (unpaired) electrons. The molecule has 2 heterocycles. The number of aryl methyl sites for hydroxylation is 1. The van der Waals surface area contributed by atoms with Gasteiger partial charge in [-0.2, -0.15) is 0 Å². The zero-order valence-electron chi connectivity index (χ0n) is 17.2. The van der Waals surface area contributed by atoms with Crippen LogP contribution in [-0.2, 0) is 20.7 Å². The highest BCUT2D eigenvalue weighted by Gasteiger charge is 2.36. The molecule has 9 heteroatoms. The number of aromatic nitrogens is 1. The van der Waals surface area contributed by atoms with E-state index in [1.807, 2.05) is 4.90 Å². The summed E-state index contributed by atoms with van der Waals surface area (Å²) in [6, 6.07) is 6.66. The highest BCUT2D eigenvalue weighted by molar-refractivity contribution is 7.16. The topological polar surface area (TPSA) is 88.6 Å². The summed E-state index contributed by atoms with van der Waals surface area (Å²) in [6.45, 7) is 1.10. The van der Waals surface area contributed by atoms with Crippen LogP contribution in [0.25, 0.3) is 0 Å². The second-order valence-corrected chi connectivity index (χ2v) is 9.38. The number of hydrogen-bond donors (Lipinski definition) is 1. The van der Waals surface area contributed by atoms with E-state index in [-0.39, 0.29) is 29.6 Å². The van der Waals surface area contributed by atoms with Crippen molar-refractivity contribution in [3.8, 4) is 0 Å². The lowest BCUT2D eigenvalue weighted by atomic mass is 9.88. The average Bonchev–Trinajstić information content (AvgIpc) is 3.21. The Morgan fingerprint density at radius 3 is 2.55 bits per heavy atom. The molecule has 0 bridgehead atoms. The number of hydrogen-bond acceptors (Lipinski definition) is 6.